The molecule has 32 heavy (non-hydrogen) atoms. The van der Waals surface area contributed by atoms with Crippen molar-refractivity contribution in [2.45, 2.75) is 13.3 Å². The van der Waals surface area contributed by atoms with E-state index in [9.17, 15) is 4.79 Å². The lowest BCUT2D eigenvalue weighted by atomic mass is 10.0. The van der Waals surface area contributed by atoms with Gasteiger partial charge in [-0.1, -0.05) is 72.8 Å². The first-order chi connectivity index (χ1) is 15.7. The molecule has 0 saturated carbocycles. The Balaban J connectivity index is 1.74. The van der Waals surface area contributed by atoms with E-state index in [1.54, 1.807) is 11.6 Å². The van der Waals surface area contributed by atoms with E-state index >= 15 is 0 Å². The fourth-order valence-corrected chi connectivity index (χ4v) is 4.13. The van der Waals surface area contributed by atoms with Crippen molar-refractivity contribution < 1.29 is 4.74 Å². The van der Waals surface area contributed by atoms with Gasteiger partial charge in [-0.05, 0) is 35.7 Å². The standard InChI is InChI=1S/C27H23N3O2/c1-18-24(20-13-15-22(32-2)16-14-20)27(31)30-26(28-18)23(17-19-9-5-3-6-10-19)25(29-30)21-11-7-4-8-12-21/h3-16,29H,17H2,1-2H3. The maximum Gasteiger partial charge on any atom is 0.280 e. The van der Waals surface area contributed by atoms with Crippen LogP contribution < -0.4 is 10.3 Å². The summed E-state index contributed by atoms with van der Waals surface area (Å²) in [4.78, 5) is 18.5. The third-order valence-corrected chi connectivity index (χ3v) is 5.72. The molecular weight excluding hydrogens is 398 g/mol. The molecule has 5 rings (SSSR count). The quantitative estimate of drug-likeness (QED) is 0.421. The second kappa shape index (κ2) is 8.19. The number of hydrogen-bond donors (Lipinski definition) is 1. The molecule has 1 N–H and O–H groups in total. The fraction of sp³-hybridized carbons (Fsp3) is 0.111. The number of methoxy groups -OCH3 is 1. The Labute approximate surface area is 185 Å². The molecule has 5 nitrogen and oxygen atoms in total. The molecule has 0 radical (unpaired) electrons. The van der Waals surface area contributed by atoms with Gasteiger partial charge in [0.2, 0.25) is 0 Å². The van der Waals surface area contributed by atoms with Gasteiger partial charge in [0.25, 0.3) is 5.56 Å². The number of H-pyrrole nitrogens is 1. The van der Waals surface area contributed by atoms with Crippen LogP contribution in [-0.2, 0) is 6.42 Å². The molecule has 0 aliphatic rings. The van der Waals surface area contributed by atoms with Crippen LogP contribution in [-0.4, -0.2) is 21.7 Å². The van der Waals surface area contributed by atoms with Crippen LogP contribution in [0.2, 0.25) is 0 Å². The van der Waals surface area contributed by atoms with Crippen molar-refractivity contribution in [3.8, 4) is 28.1 Å². The molecule has 0 spiro atoms. The van der Waals surface area contributed by atoms with Gasteiger partial charge >= 0.3 is 0 Å². The van der Waals surface area contributed by atoms with E-state index in [1.165, 1.54) is 0 Å². The average molecular weight is 422 g/mol. The largest absolute Gasteiger partial charge is 0.497 e. The van der Waals surface area contributed by atoms with Gasteiger partial charge in [-0.3, -0.25) is 9.89 Å². The molecule has 2 heterocycles. The predicted octanol–water partition coefficient (Wildman–Crippen LogP) is 5.26. The van der Waals surface area contributed by atoms with Crippen LogP contribution in [0.25, 0.3) is 28.0 Å². The van der Waals surface area contributed by atoms with E-state index in [-0.39, 0.29) is 5.56 Å². The second-order valence-electron chi connectivity index (χ2n) is 7.76. The Morgan fingerprint density at radius 1 is 0.875 bits per heavy atom. The molecule has 2 aromatic heterocycles. The van der Waals surface area contributed by atoms with Gasteiger partial charge in [-0.25, -0.2) is 9.50 Å². The first-order valence-electron chi connectivity index (χ1n) is 10.5. The summed E-state index contributed by atoms with van der Waals surface area (Å²) in [7, 11) is 1.63. The zero-order chi connectivity index (χ0) is 22.1. The number of rotatable bonds is 5. The van der Waals surface area contributed by atoms with Crippen LogP contribution in [0.1, 0.15) is 16.8 Å². The highest BCUT2D eigenvalue weighted by molar-refractivity contribution is 5.74. The Hall–Kier alpha value is -4.12. The maximum absolute atomic E-state index is 13.6. The minimum absolute atomic E-state index is 0.117. The first kappa shape index (κ1) is 19.8. The lowest BCUT2D eigenvalue weighted by Gasteiger charge is -2.08. The maximum atomic E-state index is 13.6. The van der Waals surface area contributed by atoms with Crippen molar-refractivity contribution in [1.82, 2.24) is 14.6 Å². The van der Waals surface area contributed by atoms with E-state index in [2.05, 4.69) is 17.2 Å². The van der Waals surface area contributed by atoms with Crippen LogP contribution in [0.3, 0.4) is 0 Å². The van der Waals surface area contributed by atoms with Gasteiger partial charge in [0.15, 0.2) is 5.65 Å². The topological polar surface area (TPSA) is 59.4 Å². The molecule has 0 unspecified atom stereocenters. The Morgan fingerprint density at radius 3 is 2.19 bits per heavy atom. The number of hydrogen-bond acceptors (Lipinski definition) is 3. The SMILES string of the molecule is COc1ccc(-c2c(C)nc3c(Cc4ccccc4)c(-c4ccccc4)[nH]n3c2=O)cc1. The number of benzene rings is 3. The normalized spacial score (nSPS) is 11.1. The van der Waals surface area contributed by atoms with Crippen LogP contribution in [0.15, 0.2) is 89.7 Å². The Kier molecular flexibility index (Phi) is 5.07. The third kappa shape index (κ3) is 3.48. The van der Waals surface area contributed by atoms with Crippen molar-refractivity contribution in [3.63, 3.8) is 0 Å². The molecular formula is C27H23N3O2. The van der Waals surface area contributed by atoms with Crippen molar-refractivity contribution >= 4 is 5.65 Å². The fourth-order valence-electron chi connectivity index (χ4n) is 4.13. The molecule has 0 atom stereocenters. The van der Waals surface area contributed by atoms with Gasteiger partial charge in [-0.15, -0.1) is 0 Å². The monoisotopic (exact) mass is 421 g/mol. The summed E-state index contributed by atoms with van der Waals surface area (Å²) in [5, 5.41) is 3.35. The van der Waals surface area contributed by atoms with Gasteiger partial charge in [0.1, 0.15) is 5.75 Å². The average Bonchev–Trinajstić information content (AvgIpc) is 3.19. The summed E-state index contributed by atoms with van der Waals surface area (Å²) in [6, 6.07) is 27.8. The zero-order valence-electron chi connectivity index (χ0n) is 18.0. The smallest absolute Gasteiger partial charge is 0.280 e. The van der Waals surface area contributed by atoms with E-state index in [4.69, 9.17) is 9.72 Å². The molecule has 5 aromatic rings. The number of aromatic nitrogens is 3. The first-order valence-corrected chi connectivity index (χ1v) is 10.5. The van der Waals surface area contributed by atoms with Crippen molar-refractivity contribution in [1.29, 1.82) is 0 Å². The predicted molar refractivity (Wildman–Crippen MR) is 127 cm³/mol. The highest BCUT2D eigenvalue weighted by Gasteiger charge is 2.20. The number of ether oxygens (including phenoxy) is 1. The molecule has 0 bridgehead atoms. The van der Waals surface area contributed by atoms with E-state index in [0.29, 0.717) is 23.3 Å². The number of nitrogens with one attached hydrogen (secondary N) is 1. The van der Waals surface area contributed by atoms with Crippen molar-refractivity contribution in [3.05, 3.63) is 112 Å². The van der Waals surface area contributed by atoms with E-state index in [1.807, 2.05) is 79.7 Å². The van der Waals surface area contributed by atoms with Gasteiger partial charge in [0.05, 0.1) is 24.1 Å². The minimum atomic E-state index is -0.117. The summed E-state index contributed by atoms with van der Waals surface area (Å²) in [5.74, 6) is 0.747. The number of fused-ring (bicyclic) bond motifs is 1. The molecule has 5 heteroatoms. The molecule has 0 fully saturated rings. The minimum Gasteiger partial charge on any atom is -0.497 e. The Morgan fingerprint density at radius 2 is 1.53 bits per heavy atom. The van der Waals surface area contributed by atoms with Crippen LogP contribution in [0, 0.1) is 6.92 Å². The molecule has 0 aliphatic heterocycles. The molecule has 0 amide bonds. The lowest BCUT2D eigenvalue weighted by Crippen LogP contribution is -2.19. The van der Waals surface area contributed by atoms with E-state index in [0.717, 1.165) is 33.7 Å². The molecule has 0 aliphatic carbocycles. The van der Waals surface area contributed by atoms with Crippen molar-refractivity contribution in [2.75, 3.05) is 7.11 Å². The summed E-state index contributed by atoms with van der Waals surface area (Å²) in [6.07, 6.45) is 0.672. The van der Waals surface area contributed by atoms with Gasteiger partial charge in [0, 0.05) is 12.0 Å². The number of aryl methyl sites for hydroxylation is 1. The summed E-state index contributed by atoms with van der Waals surface area (Å²) >= 11 is 0. The van der Waals surface area contributed by atoms with Crippen LogP contribution in [0.4, 0.5) is 0 Å². The van der Waals surface area contributed by atoms with E-state index < -0.39 is 0 Å². The molecule has 158 valence electrons. The highest BCUT2D eigenvalue weighted by atomic mass is 16.5. The van der Waals surface area contributed by atoms with Crippen molar-refractivity contribution in [2.24, 2.45) is 0 Å². The number of nitrogens with zero attached hydrogens (tertiary/aromatic N) is 2. The third-order valence-electron chi connectivity index (χ3n) is 5.72. The second-order valence-corrected chi connectivity index (χ2v) is 7.76. The zero-order valence-corrected chi connectivity index (χ0v) is 18.0. The van der Waals surface area contributed by atoms with Crippen LogP contribution >= 0.6 is 0 Å². The summed E-state index contributed by atoms with van der Waals surface area (Å²) in [5.41, 5.74) is 6.74. The van der Waals surface area contributed by atoms with Gasteiger partial charge in [-0.2, -0.15) is 0 Å². The van der Waals surface area contributed by atoms with Crippen LogP contribution in [0.5, 0.6) is 5.75 Å². The summed E-state index contributed by atoms with van der Waals surface area (Å²) < 4.78 is 6.83. The molecule has 0 saturated heterocycles. The van der Waals surface area contributed by atoms with Gasteiger partial charge < -0.3 is 4.74 Å². The summed E-state index contributed by atoms with van der Waals surface area (Å²) in [6.45, 7) is 1.89. The highest BCUT2D eigenvalue weighted by Crippen LogP contribution is 2.29. The number of aromatic amines is 1. The lowest BCUT2D eigenvalue weighted by molar-refractivity contribution is 0.415. The molecule has 3 aromatic carbocycles. The Bertz CT molecular complexity index is 1430.